The second-order valence-corrected chi connectivity index (χ2v) is 4.42. The summed E-state index contributed by atoms with van der Waals surface area (Å²) in [5, 5.41) is 23.3. The molecule has 0 N–H and O–H groups in total. The zero-order valence-corrected chi connectivity index (χ0v) is 11.1. The fraction of sp³-hybridized carbons (Fsp3) is 0.125. The molecular formula is C16H16N2O2. The van der Waals surface area contributed by atoms with Crippen LogP contribution in [0.5, 0.6) is 0 Å². The first-order chi connectivity index (χ1) is 9.74. The van der Waals surface area contributed by atoms with E-state index in [0.717, 1.165) is 20.6 Å². The average molecular weight is 268 g/mol. The van der Waals surface area contributed by atoms with E-state index in [1.54, 1.807) is 0 Å². The Morgan fingerprint density at radius 2 is 1.00 bits per heavy atom. The molecule has 0 aliphatic carbocycles. The molecule has 0 aliphatic heterocycles. The van der Waals surface area contributed by atoms with Crippen LogP contribution < -0.4 is 0 Å². The van der Waals surface area contributed by atoms with Gasteiger partial charge < -0.3 is 10.4 Å². The molecule has 0 unspecified atom stereocenters. The highest BCUT2D eigenvalue weighted by atomic mass is 16.5. The summed E-state index contributed by atoms with van der Waals surface area (Å²) >= 11 is 0. The lowest BCUT2D eigenvalue weighted by atomic mass is 10.2. The van der Waals surface area contributed by atoms with E-state index in [4.69, 9.17) is 0 Å². The van der Waals surface area contributed by atoms with Crippen molar-refractivity contribution in [2.75, 3.05) is 0 Å². The lowest BCUT2D eigenvalue weighted by Gasteiger charge is -2.04. The highest BCUT2D eigenvalue weighted by Crippen LogP contribution is 2.00. The largest absolute Gasteiger partial charge is 0.623 e. The Labute approximate surface area is 118 Å². The van der Waals surface area contributed by atoms with Crippen LogP contribution in [-0.2, 0) is 13.1 Å². The van der Waals surface area contributed by atoms with Crippen molar-refractivity contribution in [3.05, 3.63) is 82.2 Å². The molecule has 20 heavy (non-hydrogen) atoms. The van der Waals surface area contributed by atoms with Crippen LogP contribution in [0.25, 0.3) is 0 Å². The number of hydrogen-bond donors (Lipinski definition) is 0. The third kappa shape index (κ3) is 4.57. The molecule has 0 fully saturated rings. The second-order valence-electron chi connectivity index (χ2n) is 4.42. The van der Waals surface area contributed by atoms with Crippen molar-refractivity contribution in [1.82, 2.24) is 0 Å². The average Bonchev–Trinajstić information content (AvgIpc) is 2.47. The van der Waals surface area contributed by atoms with Gasteiger partial charge in [0.2, 0.25) is 12.4 Å². The SMILES string of the molecule is [O-]/[N+](=C\C=[N+](/[O-])Cc1ccccc1)Cc1ccccc1. The standard InChI is InChI=1S/C16H16N2O2/c19-17(13-15-7-3-1-4-8-15)11-12-18(20)14-16-9-5-2-6-10-16/h1-12H,13-14H2/b17-11-,18-12-. The van der Waals surface area contributed by atoms with Crippen molar-refractivity contribution >= 4 is 12.4 Å². The predicted octanol–water partition coefficient (Wildman–Crippen LogP) is 2.55. The van der Waals surface area contributed by atoms with E-state index in [1.165, 1.54) is 12.4 Å². The van der Waals surface area contributed by atoms with Crippen LogP contribution in [0.4, 0.5) is 0 Å². The van der Waals surface area contributed by atoms with Crippen LogP contribution in [0.15, 0.2) is 60.7 Å². The summed E-state index contributed by atoms with van der Waals surface area (Å²) in [4.78, 5) is 0. The number of rotatable bonds is 5. The Hall–Kier alpha value is -2.62. The van der Waals surface area contributed by atoms with Crippen molar-refractivity contribution in [2.45, 2.75) is 13.1 Å². The van der Waals surface area contributed by atoms with E-state index in [0.29, 0.717) is 0 Å². The maximum atomic E-state index is 11.6. The minimum atomic E-state index is 0.233. The Kier molecular flexibility index (Phi) is 4.89. The van der Waals surface area contributed by atoms with E-state index in [9.17, 15) is 10.4 Å². The van der Waals surface area contributed by atoms with Gasteiger partial charge in [-0.1, -0.05) is 60.7 Å². The second kappa shape index (κ2) is 7.09. The van der Waals surface area contributed by atoms with Gasteiger partial charge in [-0.3, -0.25) is 0 Å². The molecule has 4 nitrogen and oxygen atoms in total. The van der Waals surface area contributed by atoms with Gasteiger partial charge in [0.15, 0.2) is 13.1 Å². The number of hydrogen-bond acceptors (Lipinski definition) is 2. The van der Waals surface area contributed by atoms with Gasteiger partial charge in [0.1, 0.15) is 0 Å². The molecule has 0 saturated carbocycles. The van der Waals surface area contributed by atoms with Crippen molar-refractivity contribution in [3.63, 3.8) is 0 Å². The monoisotopic (exact) mass is 268 g/mol. The van der Waals surface area contributed by atoms with Crippen molar-refractivity contribution in [1.29, 1.82) is 0 Å². The minimum Gasteiger partial charge on any atom is -0.623 e. The fourth-order valence-electron chi connectivity index (χ4n) is 1.78. The van der Waals surface area contributed by atoms with Gasteiger partial charge in [-0.2, -0.15) is 0 Å². The van der Waals surface area contributed by atoms with Crippen LogP contribution in [0.2, 0.25) is 0 Å². The van der Waals surface area contributed by atoms with E-state index in [1.807, 2.05) is 60.7 Å². The van der Waals surface area contributed by atoms with Crippen molar-refractivity contribution < 1.29 is 9.48 Å². The Morgan fingerprint density at radius 3 is 1.35 bits per heavy atom. The summed E-state index contributed by atoms with van der Waals surface area (Å²) in [5.74, 6) is 0. The molecule has 2 aromatic rings. The Bertz CT molecular complexity index is 537. The minimum absolute atomic E-state index is 0.233. The van der Waals surface area contributed by atoms with Crippen molar-refractivity contribution in [2.24, 2.45) is 0 Å². The highest BCUT2D eigenvalue weighted by Gasteiger charge is 1.99. The third-order valence-corrected chi connectivity index (χ3v) is 2.76. The normalized spacial score (nSPS) is 12.4. The predicted molar refractivity (Wildman–Crippen MR) is 79.7 cm³/mol. The first kappa shape index (κ1) is 13.8. The summed E-state index contributed by atoms with van der Waals surface area (Å²) < 4.78 is 1.48. The van der Waals surface area contributed by atoms with Gasteiger partial charge in [-0.25, -0.2) is 9.48 Å². The van der Waals surface area contributed by atoms with Gasteiger partial charge in [0, 0.05) is 11.1 Å². The first-order valence-corrected chi connectivity index (χ1v) is 6.38. The lowest BCUT2D eigenvalue weighted by molar-refractivity contribution is -0.482. The molecule has 0 saturated heterocycles. The highest BCUT2D eigenvalue weighted by molar-refractivity contribution is 6.10. The van der Waals surface area contributed by atoms with Crippen LogP contribution >= 0.6 is 0 Å². The van der Waals surface area contributed by atoms with Gasteiger partial charge in [-0.15, -0.1) is 0 Å². The fourth-order valence-corrected chi connectivity index (χ4v) is 1.78. The van der Waals surface area contributed by atoms with Gasteiger partial charge in [0.05, 0.1) is 0 Å². The van der Waals surface area contributed by atoms with Crippen LogP contribution in [0.1, 0.15) is 11.1 Å². The molecule has 2 rings (SSSR count). The molecule has 4 heteroatoms. The van der Waals surface area contributed by atoms with Gasteiger partial charge in [-0.05, 0) is 0 Å². The molecule has 0 spiro atoms. The molecule has 0 aliphatic rings. The molecule has 2 aromatic carbocycles. The van der Waals surface area contributed by atoms with Gasteiger partial charge in [0.25, 0.3) is 0 Å². The smallest absolute Gasteiger partial charge is 0.240 e. The molecule has 0 amide bonds. The van der Waals surface area contributed by atoms with E-state index in [-0.39, 0.29) is 13.1 Å². The van der Waals surface area contributed by atoms with Crippen molar-refractivity contribution in [3.8, 4) is 0 Å². The summed E-state index contributed by atoms with van der Waals surface area (Å²) in [6.45, 7) is 0.465. The summed E-state index contributed by atoms with van der Waals surface area (Å²) in [6, 6.07) is 18.8. The quantitative estimate of drug-likeness (QED) is 0.362. The molecule has 0 aromatic heterocycles. The van der Waals surface area contributed by atoms with E-state index in [2.05, 4.69) is 0 Å². The van der Waals surface area contributed by atoms with Crippen LogP contribution in [0.3, 0.4) is 0 Å². The number of benzene rings is 2. The van der Waals surface area contributed by atoms with Crippen LogP contribution in [-0.4, -0.2) is 21.9 Å². The Morgan fingerprint density at radius 1 is 0.650 bits per heavy atom. The molecule has 0 heterocycles. The number of hydroxylamine groups is 2. The van der Waals surface area contributed by atoms with Crippen LogP contribution in [0, 0.1) is 10.4 Å². The van der Waals surface area contributed by atoms with E-state index < -0.39 is 0 Å². The molecule has 0 radical (unpaired) electrons. The molecule has 0 bridgehead atoms. The summed E-state index contributed by atoms with van der Waals surface area (Å²) in [5.41, 5.74) is 1.82. The van der Waals surface area contributed by atoms with Gasteiger partial charge >= 0.3 is 0 Å². The Balaban J connectivity index is 1.94. The van der Waals surface area contributed by atoms with E-state index >= 15 is 0 Å². The topological polar surface area (TPSA) is 52.1 Å². The molecule has 102 valence electrons. The first-order valence-electron chi connectivity index (χ1n) is 6.38. The maximum absolute atomic E-state index is 11.6. The summed E-state index contributed by atoms with van der Waals surface area (Å²) in [6.07, 6.45) is 2.51. The third-order valence-electron chi connectivity index (χ3n) is 2.76. The number of nitrogens with zero attached hydrogens (tertiary/aromatic N) is 2. The lowest BCUT2D eigenvalue weighted by Crippen LogP contribution is -2.11. The summed E-state index contributed by atoms with van der Waals surface area (Å²) in [7, 11) is 0. The molecule has 0 atom stereocenters. The zero-order chi connectivity index (χ0) is 14.2. The molecular weight excluding hydrogens is 252 g/mol. The maximum Gasteiger partial charge on any atom is 0.240 e. The zero-order valence-electron chi connectivity index (χ0n) is 11.1.